The number of carbonyl (C=O) groups is 3. The van der Waals surface area contributed by atoms with Crippen LogP contribution in [0.15, 0.2) is 42.5 Å². The van der Waals surface area contributed by atoms with Gasteiger partial charge in [-0.15, -0.1) is 0 Å². The zero-order chi connectivity index (χ0) is 20.8. The van der Waals surface area contributed by atoms with Crippen LogP contribution in [0.1, 0.15) is 50.7 Å². The van der Waals surface area contributed by atoms with Gasteiger partial charge in [-0.3, -0.25) is 4.79 Å². The Morgan fingerprint density at radius 2 is 1.69 bits per heavy atom. The molecule has 3 N–H and O–H groups in total. The summed E-state index contributed by atoms with van der Waals surface area (Å²) in [4.78, 5) is 36.2. The lowest BCUT2D eigenvalue weighted by Gasteiger charge is -2.23. The number of ether oxygens (including phenoxy) is 2. The maximum atomic E-state index is 12.5. The largest absolute Gasteiger partial charge is 0.465 e. The van der Waals surface area contributed by atoms with Gasteiger partial charge in [-0.05, 0) is 36.6 Å². The summed E-state index contributed by atoms with van der Waals surface area (Å²) >= 11 is 0. The summed E-state index contributed by atoms with van der Waals surface area (Å²) in [6.07, 6.45) is 3.20. The van der Waals surface area contributed by atoms with Crippen LogP contribution in [0.2, 0.25) is 0 Å². The molecule has 7 nitrogen and oxygen atoms in total. The molecule has 2 aromatic carbocycles. The predicted octanol–water partition coefficient (Wildman–Crippen LogP) is 1.84. The number of quaternary nitrogens is 1. The third-order valence-electron chi connectivity index (χ3n) is 5.06. The molecular weight excluding hydrogens is 372 g/mol. The van der Waals surface area contributed by atoms with Crippen LogP contribution in [-0.4, -0.2) is 38.6 Å². The van der Waals surface area contributed by atoms with Crippen LogP contribution in [0.3, 0.4) is 0 Å². The number of hydrogen-bond donors (Lipinski definition) is 2. The fraction of sp³-hybridized carbons (Fsp3) is 0.318. The summed E-state index contributed by atoms with van der Waals surface area (Å²) in [5, 5.41) is 4.78. The average Bonchev–Trinajstić information content (AvgIpc) is 2.76. The van der Waals surface area contributed by atoms with Crippen molar-refractivity contribution in [3.05, 3.63) is 64.7 Å². The van der Waals surface area contributed by atoms with E-state index in [4.69, 9.17) is 9.47 Å². The molecule has 0 fully saturated rings. The molecule has 0 radical (unpaired) electrons. The molecule has 0 saturated carbocycles. The summed E-state index contributed by atoms with van der Waals surface area (Å²) < 4.78 is 9.43. The summed E-state index contributed by atoms with van der Waals surface area (Å²) in [5.74, 6) is -1.42. The van der Waals surface area contributed by atoms with E-state index in [-0.39, 0.29) is 29.6 Å². The second-order valence-corrected chi connectivity index (χ2v) is 6.97. The van der Waals surface area contributed by atoms with Crippen molar-refractivity contribution in [3.63, 3.8) is 0 Å². The number of methoxy groups -OCH3 is 2. The van der Waals surface area contributed by atoms with Crippen LogP contribution in [0.4, 0.5) is 5.69 Å². The highest BCUT2D eigenvalue weighted by molar-refractivity contribution is 5.99. The zero-order valence-electron chi connectivity index (χ0n) is 16.6. The van der Waals surface area contributed by atoms with E-state index >= 15 is 0 Å². The summed E-state index contributed by atoms with van der Waals surface area (Å²) in [7, 11) is 2.50. The number of carbonyl (C=O) groups excluding carboxylic acids is 3. The summed E-state index contributed by atoms with van der Waals surface area (Å²) in [6.45, 7) is 0.231. The molecule has 1 atom stereocenters. The molecule has 1 amide bonds. The molecule has 152 valence electrons. The number of esters is 2. The Bertz CT molecular complexity index is 891. The van der Waals surface area contributed by atoms with Gasteiger partial charge >= 0.3 is 11.9 Å². The van der Waals surface area contributed by atoms with Crippen molar-refractivity contribution < 1.29 is 29.2 Å². The number of nitrogens with one attached hydrogen (secondary N) is 1. The lowest BCUT2D eigenvalue weighted by atomic mass is 9.88. The van der Waals surface area contributed by atoms with Crippen molar-refractivity contribution in [3.8, 4) is 0 Å². The quantitative estimate of drug-likeness (QED) is 0.725. The van der Waals surface area contributed by atoms with Gasteiger partial charge in [0.2, 0.25) is 0 Å². The number of aryl methyl sites for hydroxylation is 1. The van der Waals surface area contributed by atoms with Gasteiger partial charge in [0.1, 0.15) is 6.04 Å². The monoisotopic (exact) mass is 397 g/mol. The van der Waals surface area contributed by atoms with Crippen LogP contribution in [0.5, 0.6) is 0 Å². The van der Waals surface area contributed by atoms with E-state index in [1.165, 1.54) is 43.5 Å². The van der Waals surface area contributed by atoms with Crippen molar-refractivity contribution in [1.82, 2.24) is 0 Å². The Morgan fingerprint density at radius 1 is 1.03 bits per heavy atom. The highest BCUT2D eigenvalue weighted by Crippen LogP contribution is 2.26. The molecule has 0 heterocycles. The summed E-state index contributed by atoms with van der Waals surface area (Å²) in [5.41, 5.74) is 3.30. The van der Waals surface area contributed by atoms with E-state index in [9.17, 15) is 14.4 Å². The van der Waals surface area contributed by atoms with Gasteiger partial charge in [0.05, 0.1) is 25.3 Å². The number of amides is 1. The lowest BCUT2D eigenvalue weighted by Crippen LogP contribution is -2.87. The maximum Gasteiger partial charge on any atom is 0.337 e. The standard InChI is InChI=1S/C22H24N2O5/c1-28-21(26)15-10-16(22(27)29-2)12-17(11-15)24-20(25)13-23-19-9-5-7-14-6-3-4-8-18(14)19/h3-4,6,8,10-12,19,23H,5,7,9,13H2,1-2H3,(H,24,25)/p+1/t19-/m0/s1. The van der Waals surface area contributed by atoms with Gasteiger partial charge in [0.15, 0.2) is 6.54 Å². The number of anilines is 1. The smallest absolute Gasteiger partial charge is 0.337 e. The molecule has 29 heavy (non-hydrogen) atoms. The Kier molecular flexibility index (Phi) is 6.61. The number of hydrogen-bond acceptors (Lipinski definition) is 5. The van der Waals surface area contributed by atoms with Crippen LogP contribution in [0, 0.1) is 0 Å². The predicted molar refractivity (Wildman–Crippen MR) is 107 cm³/mol. The molecule has 0 saturated heterocycles. The van der Waals surface area contributed by atoms with Crippen LogP contribution < -0.4 is 10.6 Å². The first-order chi connectivity index (χ1) is 14.0. The molecule has 0 unspecified atom stereocenters. The molecule has 1 aliphatic rings. The van der Waals surface area contributed by atoms with Crippen molar-refractivity contribution in [2.45, 2.75) is 25.3 Å². The fourth-order valence-corrected chi connectivity index (χ4v) is 3.67. The molecule has 7 heteroatoms. The Labute approximate surface area is 169 Å². The first-order valence-corrected chi connectivity index (χ1v) is 9.54. The van der Waals surface area contributed by atoms with Gasteiger partial charge in [-0.2, -0.15) is 0 Å². The van der Waals surface area contributed by atoms with Gasteiger partial charge in [-0.1, -0.05) is 24.3 Å². The SMILES string of the molecule is COC(=O)c1cc(NC(=O)C[NH2+][C@H]2CCCc3ccccc32)cc(C(=O)OC)c1. The summed E-state index contributed by atoms with van der Waals surface area (Å²) in [6, 6.07) is 12.9. The maximum absolute atomic E-state index is 12.5. The van der Waals surface area contributed by atoms with Crippen molar-refractivity contribution in [2.75, 3.05) is 26.1 Å². The zero-order valence-corrected chi connectivity index (χ0v) is 16.6. The topological polar surface area (TPSA) is 98.3 Å². The average molecular weight is 397 g/mol. The number of fused-ring (bicyclic) bond motifs is 1. The minimum atomic E-state index is -0.600. The Hall–Kier alpha value is -3.19. The minimum Gasteiger partial charge on any atom is -0.465 e. The fourth-order valence-electron chi connectivity index (χ4n) is 3.67. The third-order valence-corrected chi connectivity index (χ3v) is 5.06. The van der Waals surface area contributed by atoms with Gasteiger partial charge in [-0.25, -0.2) is 9.59 Å². The minimum absolute atomic E-state index is 0.163. The van der Waals surface area contributed by atoms with E-state index < -0.39 is 11.9 Å². The van der Waals surface area contributed by atoms with Gasteiger partial charge in [0, 0.05) is 17.7 Å². The van der Waals surface area contributed by atoms with Crippen LogP contribution in [-0.2, 0) is 20.7 Å². The van der Waals surface area contributed by atoms with E-state index in [1.807, 2.05) is 17.4 Å². The number of rotatable bonds is 6. The number of nitrogens with two attached hydrogens (primary N) is 1. The molecule has 2 aromatic rings. The van der Waals surface area contributed by atoms with E-state index in [2.05, 4.69) is 17.4 Å². The van der Waals surface area contributed by atoms with E-state index in [0.29, 0.717) is 5.69 Å². The van der Waals surface area contributed by atoms with E-state index in [1.54, 1.807) is 0 Å². The molecule has 3 rings (SSSR count). The molecular formula is C22H25N2O5+. The molecule has 0 spiro atoms. The second-order valence-electron chi connectivity index (χ2n) is 6.97. The molecule has 0 aromatic heterocycles. The molecule has 0 aliphatic heterocycles. The van der Waals surface area contributed by atoms with E-state index in [0.717, 1.165) is 19.3 Å². The normalized spacial score (nSPS) is 15.2. The third kappa shape index (κ3) is 5.00. The highest BCUT2D eigenvalue weighted by Gasteiger charge is 2.23. The van der Waals surface area contributed by atoms with Crippen LogP contribution in [0.25, 0.3) is 0 Å². The highest BCUT2D eigenvalue weighted by atomic mass is 16.5. The number of benzene rings is 2. The van der Waals surface area contributed by atoms with Crippen molar-refractivity contribution in [1.29, 1.82) is 0 Å². The van der Waals surface area contributed by atoms with Crippen LogP contribution >= 0.6 is 0 Å². The Morgan fingerprint density at radius 3 is 2.34 bits per heavy atom. The van der Waals surface area contributed by atoms with Crippen molar-refractivity contribution in [2.24, 2.45) is 0 Å². The van der Waals surface area contributed by atoms with Crippen molar-refractivity contribution >= 4 is 23.5 Å². The Balaban J connectivity index is 1.69. The first-order valence-electron chi connectivity index (χ1n) is 9.54. The van der Waals surface area contributed by atoms with Gasteiger partial charge in [0.25, 0.3) is 5.91 Å². The molecule has 0 bridgehead atoms. The molecule has 1 aliphatic carbocycles. The lowest BCUT2D eigenvalue weighted by molar-refractivity contribution is -0.687. The second kappa shape index (κ2) is 9.34. The first kappa shape index (κ1) is 20.5. The van der Waals surface area contributed by atoms with Gasteiger partial charge < -0.3 is 20.1 Å².